The number of hydrogen-bond acceptors (Lipinski definition) is 5. The molecule has 0 aliphatic carbocycles. The highest BCUT2D eigenvalue weighted by Crippen LogP contribution is 2.28. The second-order valence-corrected chi connectivity index (χ2v) is 6.31. The monoisotopic (exact) mass is 370 g/mol. The molecule has 0 unspecified atom stereocenters. The van der Waals surface area contributed by atoms with Gasteiger partial charge < -0.3 is 24.8 Å². The van der Waals surface area contributed by atoms with Gasteiger partial charge in [-0.1, -0.05) is 18.2 Å². The molecule has 142 valence electrons. The van der Waals surface area contributed by atoms with Crippen LogP contribution in [0.5, 0.6) is 0 Å². The number of carbonyl (C=O) groups is 2. The summed E-state index contributed by atoms with van der Waals surface area (Å²) in [6.45, 7) is 2.20. The van der Waals surface area contributed by atoms with Crippen LogP contribution in [-0.2, 0) is 9.47 Å². The molecule has 2 aromatic carbocycles. The molecule has 3 rings (SSSR count). The van der Waals surface area contributed by atoms with Crippen molar-refractivity contribution in [2.75, 3.05) is 43.6 Å². The Labute approximate surface area is 157 Å². The van der Waals surface area contributed by atoms with Gasteiger partial charge in [-0.2, -0.15) is 0 Å². The number of carboxylic acid groups (broad SMARTS) is 1. The molecule has 2 aromatic rings. The lowest BCUT2D eigenvalue weighted by atomic mass is 10.1. The molecule has 1 amide bonds. The lowest BCUT2D eigenvalue weighted by molar-refractivity contribution is -0.0837. The van der Waals surface area contributed by atoms with Gasteiger partial charge in [-0.25, -0.2) is 4.79 Å². The van der Waals surface area contributed by atoms with Crippen molar-refractivity contribution in [2.45, 2.75) is 6.10 Å². The van der Waals surface area contributed by atoms with E-state index in [2.05, 4.69) is 5.32 Å². The molecule has 7 heteroatoms. The molecule has 7 nitrogen and oxygen atoms in total. The molecule has 0 spiro atoms. The highest BCUT2D eigenvalue weighted by molar-refractivity contribution is 6.06. The minimum atomic E-state index is -1.05. The number of aromatic carboxylic acids is 1. The Morgan fingerprint density at radius 1 is 1.15 bits per heavy atom. The van der Waals surface area contributed by atoms with Gasteiger partial charge in [0.2, 0.25) is 0 Å². The van der Waals surface area contributed by atoms with Gasteiger partial charge in [0.15, 0.2) is 0 Å². The second-order valence-electron chi connectivity index (χ2n) is 6.31. The van der Waals surface area contributed by atoms with Crippen molar-refractivity contribution < 1.29 is 24.2 Å². The highest BCUT2D eigenvalue weighted by Gasteiger charge is 2.20. The normalized spacial score (nSPS) is 16.6. The van der Waals surface area contributed by atoms with Crippen molar-refractivity contribution in [1.29, 1.82) is 0 Å². The summed E-state index contributed by atoms with van der Waals surface area (Å²) >= 11 is 0. The fourth-order valence-electron chi connectivity index (χ4n) is 2.93. The number of benzene rings is 2. The summed E-state index contributed by atoms with van der Waals surface area (Å²) in [4.78, 5) is 25.8. The van der Waals surface area contributed by atoms with Crippen LogP contribution in [-0.4, -0.2) is 56.5 Å². The van der Waals surface area contributed by atoms with Crippen molar-refractivity contribution in [3.8, 4) is 0 Å². The lowest BCUT2D eigenvalue weighted by Gasteiger charge is -2.30. The van der Waals surface area contributed by atoms with Gasteiger partial charge in [-0.15, -0.1) is 0 Å². The van der Waals surface area contributed by atoms with E-state index in [9.17, 15) is 14.7 Å². The SMILES string of the molecule is CN(C[C@H]1COCCO1)c1ccc(C(=O)O)cc1NC(=O)c1ccccc1. The van der Waals surface area contributed by atoms with Gasteiger partial charge >= 0.3 is 5.97 Å². The lowest BCUT2D eigenvalue weighted by Crippen LogP contribution is -2.38. The highest BCUT2D eigenvalue weighted by atomic mass is 16.6. The largest absolute Gasteiger partial charge is 0.478 e. The average Bonchev–Trinajstić information content (AvgIpc) is 2.69. The number of likely N-dealkylation sites (N-methyl/N-ethyl adjacent to an activating group) is 1. The maximum Gasteiger partial charge on any atom is 0.335 e. The van der Waals surface area contributed by atoms with Gasteiger partial charge in [0.25, 0.3) is 5.91 Å². The number of nitrogens with one attached hydrogen (secondary N) is 1. The van der Waals surface area contributed by atoms with Gasteiger partial charge in [0.1, 0.15) is 0 Å². The Hall–Kier alpha value is -2.90. The first-order chi connectivity index (χ1) is 13.0. The minimum Gasteiger partial charge on any atom is -0.478 e. The van der Waals surface area contributed by atoms with E-state index >= 15 is 0 Å². The molecule has 0 radical (unpaired) electrons. The summed E-state index contributed by atoms with van der Waals surface area (Å²) in [5.41, 5.74) is 1.74. The van der Waals surface area contributed by atoms with Crippen molar-refractivity contribution in [2.24, 2.45) is 0 Å². The Morgan fingerprint density at radius 3 is 2.59 bits per heavy atom. The fourth-order valence-corrected chi connectivity index (χ4v) is 2.93. The number of carboxylic acids is 1. The Bertz CT molecular complexity index is 803. The molecular weight excluding hydrogens is 348 g/mol. The van der Waals surface area contributed by atoms with Gasteiger partial charge in [0.05, 0.1) is 42.9 Å². The molecule has 27 heavy (non-hydrogen) atoms. The zero-order chi connectivity index (χ0) is 19.2. The number of amides is 1. The minimum absolute atomic E-state index is 0.0828. The average molecular weight is 370 g/mol. The third-order valence-electron chi connectivity index (χ3n) is 4.30. The number of rotatable bonds is 6. The summed E-state index contributed by atoms with van der Waals surface area (Å²) in [5, 5.41) is 12.1. The second kappa shape index (κ2) is 8.66. The molecular formula is C20H22N2O5. The van der Waals surface area contributed by atoms with Crippen LogP contribution in [0.4, 0.5) is 11.4 Å². The van der Waals surface area contributed by atoms with Crippen LogP contribution in [0, 0.1) is 0 Å². The van der Waals surface area contributed by atoms with Crippen molar-refractivity contribution in [3.63, 3.8) is 0 Å². The summed E-state index contributed by atoms with van der Waals surface area (Å²) in [7, 11) is 1.87. The van der Waals surface area contributed by atoms with Crippen molar-refractivity contribution >= 4 is 23.3 Å². The summed E-state index contributed by atoms with van der Waals surface area (Å²) in [6.07, 6.45) is -0.0828. The smallest absolute Gasteiger partial charge is 0.335 e. The number of ether oxygens (including phenoxy) is 2. The van der Waals surface area contributed by atoms with E-state index in [0.717, 1.165) is 0 Å². The Kier molecular flexibility index (Phi) is 6.05. The zero-order valence-electron chi connectivity index (χ0n) is 15.1. The van der Waals surface area contributed by atoms with E-state index in [1.807, 2.05) is 18.0 Å². The van der Waals surface area contributed by atoms with E-state index in [0.29, 0.717) is 43.3 Å². The van der Waals surface area contributed by atoms with Crippen LogP contribution in [0.3, 0.4) is 0 Å². The van der Waals surface area contributed by atoms with Crippen LogP contribution < -0.4 is 10.2 Å². The topological polar surface area (TPSA) is 88.1 Å². The zero-order valence-corrected chi connectivity index (χ0v) is 15.1. The van der Waals surface area contributed by atoms with Crippen LogP contribution in [0.25, 0.3) is 0 Å². The molecule has 1 aliphatic rings. The van der Waals surface area contributed by atoms with Crippen LogP contribution in [0.1, 0.15) is 20.7 Å². The first kappa shape index (κ1) is 18.9. The molecule has 0 bridgehead atoms. The van der Waals surface area contributed by atoms with E-state index in [1.54, 1.807) is 30.3 Å². The quantitative estimate of drug-likeness (QED) is 0.812. The van der Waals surface area contributed by atoms with Crippen LogP contribution in [0.2, 0.25) is 0 Å². The number of hydrogen-bond donors (Lipinski definition) is 2. The molecule has 0 aromatic heterocycles. The number of carbonyl (C=O) groups excluding carboxylic acids is 1. The van der Waals surface area contributed by atoms with Gasteiger partial charge in [0, 0.05) is 19.2 Å². The first-order valence-electron chi connectivity index (χ1n) is 8.69. The standard InChI is InChI=1S/C20H22N2O5/c1-22(12-16-13-26-9-10-27-16)18-8-7-15(20(24)25)11-17(18)21-19(23)14-5-3-2-4-6-14/h2-8,11,16H,9-10,12-13H2,1H3,(H,21,23)(H,24,25)/t16-/m0/s1. The third kappa shape index (κ3) is 4.84. The molecule has 1 atom stereocenters. The number of anilines is 2. The summed E-state index contributed by atoms with van der Waals surface area (Å²) in [5.74, 6) is -1.35. The molecule has 0 saturated carbocycles. The Balaban J connectivity index is 1.83. The molecule has 1 aliphatic heterocycles. The van der Waals surface area contributed by atoms with E-state index in [1.165, 1.54) is 12.1 Å². The first-order valence-corrected chi connectivity index (χ1v) is 8.69. The molecule has 2 N–H and O–H groups in total. The third-order valence-corrected chi connectivity index (χ3v) is 4.30. The van der Waals surface area contributed by atoms with Crippen molar-refractivity contribution in [1.82, 2.24) is 0 Å². The molecule has 1 heterocycles. The van der Waals surface area contributed by atoms with Crippen LogP contribution >= 0.6 is 0 Å². The van der Waals surface area contributed by atoms with Gasteiger partial charge in [-0.05, 0) is 30.3 Å². The predicted octanol–water partition coefficient (Wildman–Crippen LogP) is 2.49. The van der Waals surface area contributed by atoms with E-state index in [4.69, 9.17) is 9.47 Å². The molecule has 1 fully saturated rings. The molecule has 1 saturated heterocycles. The fraction of sp³-hybridized carbons (Fsp3) is 0.300. The summed E-state index contributed by atoms with van der Waals surface area (Å²) < 4.78 is 11.1. The van der Waals surface area contributed by atoms with Crippen LogP contribution in [0.15, 0.2) is 48.5 Å². The maximum atomic E-state index is 12.5. The van der Waals surface area contributed by atoms with E-state index < -0.39 is 5.97 Å². The Morgan fingerprint density at radius 2 is 1.93 bits per heavy atom. The summed E-state index contributed by atoms with van der Waals surface area (Å²) in [6, 6.07) is 13.4. The van der Waals surface area contributed by atoms with Gasteiger partial charge in [-0.3, -0.25) is 4.79 Å². The maximum absolute atomic E-state index is 12.5. The van der Waals surface area contributed by atoms with Crippen molar-refractivity contribution in [3.05, 3.63) is 59.7 Å². The number of nitrogens with zero attached hydrogens (tertiary/aromatic N) is 1. The predicted molar refractivity (Wildman–Crippen MR) is 102 cm³/mol. The van der Waals surface area contributed by atoms with E-state index in [-0.39, 0.29) is 17.6 Å².